The van der Waals surface area contributed by atoms with E-state index in [4.69, 9.17) is 9.26 Å². The van der Waals surface area contributed by atoms with Crippen molar-refractivity contribution in [3.63, 3.8) is 0 Å². The molecule has 0 aliphatic carbocycles. The number of amides is 1. The fraction of sp³-hybridized carbons (Fsp3) is 0.364. The molecule has 0 radical (unpaired) electrons. The van der Waals surface area contributed by atoms with Crippen molar-refractivity contribution in [3.8, 4) is 11.6 Å². The van der Waals surface area contributed by atoms with Gasteiger partial charge in [-0.2, -0.15) is 0 Å². The summed E-state index contributed by atoms with van der Waals surface area (Å²) in [5, 5.41) is 7.15. The van der Waals surface area contributed by atoms with Gasteiger partial charge in [0, 0.05) is 24.0 Å². The van der Waals surface area contributed by atoms with Crippen LogP contribution in [0.2, 0.25) is 0 Å². The van der Waals surface area contributed by atoms with E-state index in [1.807, 2.05) is 75.8 Å². The number of carbonyl (C=O) groups is 1. The second-order valence-electron chi connectivity index (χ2n) is 7.38. The number of aryl methyl sites for hydroxylation is 2. The van der Waals surface area contributed by atoms with Crippen molar-refractivity contribution in [1.29, 1.82) is 0 Å². The lowest BCUT2D eigenvalue weighted by atomic mass is 10.1. The van der Waals surface area contributed by atoms with E-state index >= 15 is 0 Å². The molecule has 0 aliphatic rings. The molecule has 0 saturated carbocycles. The predicted octanol–water partition coefficient (Wildman–Crippen LogP) is 3.43. The van der Waals surface area contributed by atoms with Gasteiger partial charge in [-0.15, -0.1) is 0 Å². The van der Waals surface area contributed by atoms with Gasteiger partial charge in [0.25, 0.3) is 5.91 Å². The van der Waals surface area contributed by atoms with Crippen molar-refractivity contribution in [1.82, 2.24) is 19.9 Å². The molecule has 1 aromatic carbocycles. The van der Waals surface area contributed by atoms with Crippen LogP contribution in [0.15, 0.2) is 40.9 Å². The quantitative estimate of drug-likeness (QED) is 0.662. The maximum absolute atomic E-state index is 12.9. The highest BCUT2D eigenvalue weighted by atomic mass is 16.5. The van der Waals surface area contributed by atoms with Crippen molar-refractivity contribution < 1.29 is 14.1 Å². The highest BCUT2D eigenvalue weighted by Gasteiger charge is 2.21. The smallest absolute Gasteiger partial charge is 0.253 e. The van der Waals surface area contributed by atoms with E-state index in [9.17, 15) is 4.79 Å². The average Bonchev–Trinajstić information content (AvgIpc) is 3.23. The van der Waals surface area contributed by atoms with Gasteiger partial charge in [-0.25, -0.2) is 0 Å². The molecule has 3 rings (SSSR count). The fourth-order valence-electron chi connectivity index (χ4n) is 3.54. The monoisotopic (exact) mass is 396 g/mol. The molecule has 1 N–H and O–H groups in total. The van der Waals surface area contributed by atoms with E-state index in [1.54, 1.807) is 7.11 Å². The molecular formula is C22H28N4O3. The topological polar surface area (TPSA) is 72.5 Å². The van der Waals surface area contributed by atoms with E-state index in [0.29, 0.717) is 17.9 Å². The average molecular weight is 396 g/mol. The van der Waals surface area contributed by atoms with Crippen LogP contribution in [-0.2, 0) is 0 Å². The van der Waals surface area contributed by atoms with Crippen molar-refractivity contribution in [2.24, 2.45) is 0 Å². The first-order valence-electron chi connectivity index (χ1n) is 9.53. The second kappa shape index (κ2) is 8.53. The van der Waals surface area contributed by atoms with Gasteiger partial charge in [0.05, 0.1) is 18.7 Å². The number of benzene rings is 1. The van der Waals surface area contributed by atoms with Gasteiger partial charge in [-0.1, -0.05) is 17.3 Å². The number of methoxy groups -OCH3 is 1. The molecule has 0 fully saturated rings. The van der Waals surface area contributed by atoms with Crippen molar-refractivity contribution in [2.45, 2.75) is 26.8 Å². The lowest BCUT2D eigenvalue weighted by Gasteiger charge is -2.25. The Morgan fingerprint density at radius 2 is 2.00 bits per heavy atom. The number of hydrogen-bond donors (Lipinski definition) is 1. The summed E-state index contributed by atoms with van der Waals surface area (Å²) in [6.45, 7) is 6.19. The van der Waals surface area contributed by atoms with E-state index in [0.717, 1.165) is 28.5 Å². The summed E-state index contributed by atoms with van der Waals surface area (Å²) in [5.41, 5.74) is 3.47. The van der Waals surface area contributed by atoms with Gasteiger partial charge in [0.15, 0.2) is 5.82 Å². The molecule has 0 bridgehead atoms. The van der Waals surface area contributed by atoms with Gasteiger partial charge in [0.1, 0.15) is 11.5 Å². The molecule has 7 heteroatoms. The Kier molecular flexibility index (Phi) is 6.08. The Bertz CT molecular complexity index is 1000. The largest absolute Gasteiger partial charge is 0.497 e. The maximum atomic E-state index is 12.9. The molecule has 7 nitrogen and oxygen atoms in total. The standard InChI is InChI=1S/C22H28N4O3/c1-14-10-19(16(3)26(14)21-11-15(2)29-24-21)22(27)23-13-20(25(4)5)17-8-7-9-18(12-17)28-6/h7-12,20H,13H2,1-6H3,(H,23,27). The van der Waals surface area contributed by atoms with Crippen LogP contribution >= 0.6 is 0 Å². The zero-order valence-corrected chi connectivity index (χ0v) is 17.8. The van der Waals surface area contributed by atoms with Crippen LogP contribution in [0.4, 0.5) is 0 Å². The van der Waals surface area contributed by atoms with Crippen LogP contribution in [0, 0.1) is 20.8 Å². The fourth-order valence-corrected chi connectivity index (χ4v) is 3.54. The maximum Gasteiger partial charge on any atom is 0.253 e. The van der Waals surface area contributed by atoms with Gasteiger partial charge in [-0.05, 0) is 58.6 Å². The summed E-state index contributed by atoms with van der Waals surface area (Å²) in [7, 11) is 5.64. The van der Waals surface area contributed by atoms with Gasteiger partial charge >= 0.3 is 0 Å². The van der Waals surface area contributed by atoms with Crippen LogP contribution in [0.1, 0.15) is 39.1 Å². The van der Waals surface area contributed by atoms with Gasteiger partial charge < -0.3 is 19.5 Å². The normalized spacial score (nSPS) is 12.2. The summed E-state index contributed by atoms with van der Waals surface area (Å²) in [5.74, 6) is 2.09. The number of likely N-dealkylation sites (N-methyl/N-ethyl adjacent to an activating group) is 1. The first-order valence-corrected chi connectivity index (χ1v) is 9.53. The number of nitrogens with zero attached hydrogens (tertiary/aromatic N) is 3. The Morgan fingerprint density at radius 1 is 1.24 bits per heavy atom. The van der Waals surface area contributed by atoms with Crippen LogP contribution in [0.5, 0.6) is 5.75 Å². The molecule has 29 heavy (non-hydrogen) atoms. The Morgan fingerprint density at radius 3 is 2.62 bits per heavy atom. The van der Waals surface area contributed by atoms with Crippen molar-refractivity contribution >= 4 is 5.91 Å². The molecule has 2 heterocycles. The SMILES string of the molecule is COc1cccc(C(CNC(=O)c2cc(C)n(-c3cc(C)on3)c2C)N(C)C)c1. The molecule has 0 saturated heterocycles. The minimum atomic E-state index is -0.112. The second-order valence-corrected chi connectivity index (χ2v) is 7.38. The third-order valence-electron chi connectivity index (χ3n) is 5.08. The number of nitrogens with one attached hydrogen (secondary N) is 1. The first kappa shape index (κ1) is 20.7. The van der Waals surface area contributed by atoms with E-state index in [1.165, 1.54) is 0 Å². The molecule has 0 spiro atoms. The Balaban J connectivity index is 1.79. The minimum absolute atomic E-state index is 0.0238. The van der Waals surface area contributed by atoms with Crippen molar-refractivity contribution in [3.05, 3.63) is 64.7 Å². The predicted molar refractivity (Wildman–Crippen MR) is 112 cm³/mol. The first-order chi connectivity index (χ1) is 13.8. The number of carbonyl (C=O) groups excluding carboxylic acids is 1. The minimum Gasteiger partial charge on any atom is -0.497 e. The zero-order valence-electron chi connectivity index (χ0n) is 17.8. The number of ether oxygens (including phenoxy) is 1. The molecular weight excluding hydrogens is 368 g/mol. The highest BCUT2D eigenvalue weighted by molar-refractivity contribution is 5.95. The molecule has 154 valence electrons. The van der Waals surface area contributed by atoms with Crippen LogP contribution in [0.3, 0.4) is 0 Å². The van der Waals surface area contributed by atoms with Crippen LogP contribution < -0.4 is 10.1 Å². The lowest BCUT2D eigenvalue weighted by Crippen LogP contribution is -2.34. The third-order valence-corrected chi connectivity index (χ3v) is 5.08. The number of rotatable bonds is 7. The molecule has 0 aliphatic heterocycles. The van der Waals surface area contributed by atoms with Gasteiger partial charge in [-0.3, -0.25) is 9.36 Å². The van der Waals surface area contributed by atoms with Crippen LogP contribution in [0.25, 0.3) is 5.82 Å². The lowest BCUT2D eigenvalue weighted by molar-refractivity contribution is 0.0941. The number of aromatic nitrogens is 2. The van der Waals surface area contributed by atoms with Crippen molar-refractivity contribution in [2.75, 3.05) is 27.7 Å². The van der Waals surface area contributed by atoms with Crippen LogP contribution in [-0.4, -0.2) is 48.3 Å². The molecule has 2 aromatic heterocycles. The molecule has 1 amide bonds. The van der Waals surface area contributed by atoms with Gasteiger partial charge in [0.2, 0.25) is 0 Å². The third kappa shape index (κ3) is 4.35. The summed E-state index contributed by atoms with van der Waals surface area (Å²) < 4.78 is 12.4. The molecule has 1 atom stereocenters. The molecule has 3 aromatic rings. The van der Waals surface area contributed by atoms with E-state index in [-0.39, 0.29) is 11.9 Å². The summed E-state index contributed by atoms with van der Waals surface area (Å²) in [6.07, 6.45) is 0. The zero-order chi connectivity index (χ0) is 21.1. The summed E-state index contributed by atoms with van der Waals surface area (Å²) in [4.78, 5) is 15.0. The number of hydrogen-bond acceptors (Lipinski definition) is 5. The molecule has 1 unspecified atom stereocenters. The summed E-state index contributed by atoms with van der Waals surface area (Å²) in [6, 6.07) is 11.7. The Hall–Kier alpha value is -3.06. The Labute approximate surface area is 171 Å². The van der Waals surface area contributed by atoms with E-state index < -0.39 is 0 Å². The van der Waals surface area contributed by atoms with E-state index in [2.05, 4.69) is 15.4 Å². The summed E-state index contributed by atoms with van der Waals surface area (Å²) >= 11 is 0. The highest BCUT2D eigenvalue weighted by Crippen LogP contribution is 2.23.